The molecule has 2 heterocycles. The molecule has 3 amide bonds. The van der Waals surface area contributed by atoms with Crippen molar-refractivity contribution in [3.63, 3.8) is 0 Å². The molecule has 0 aromatic rings. The Kier molecular flexibility index (Phi) is 3.86. The largest absolute Gasteiger partial charge is 0.480 e. The predicted molar refractivity (Wildman–Crippen MR) is 75.5 cm³/mol. The van der Waals surface area contributed by atoms with Gasteiger partial charge in [0.05, 0.1) is 5.41 Å². The first-order chi connectivity index (χ1) is 9.70. The summed E-state index contributed by atoms with van der Waals surface area (Å²) in [5, 5.41) is 9.46. The Hall–Kier alpha value is -1.79. The second-order valence-electron chi connectivity index (χ2n) is 6.57. The number of rotatable bonds is 2. The van der Waals surface area contributed by atoms with Crippen molar-refractivity contribution in [2.75, 3.05) is 19.6 Å². The highest BCUT2D eigenvalue weighted by atomic mass is 16.4. The Morgan fingerprint density at radius 2 is 1.76 bits per heavy atom. The van der Waals surface area contributed by atoms with Gasteiger partial charge in [0.25, 0.3) is 0 Å². The smallest absolute Gasteiger partial charge is 0.329 e. The van der Waals surface area contributed by atoms with Gasteiger partial charge in [-0.05, 0) is 39.5 Å². The number of nitrogens with two attached hydrogens (primary N) is 1. The highest BCUT2D eigenvalue weighted by molar-refractivity contribution is 5.87. The van der Waals surface area contributed by atoms with Crippen molar-refractivity contribution in [2.45, 2.75) is 45.1 Å². The lowest BCUT2D eigenvalue weighted by atomic mass is 9.88. The fourth-order valence-electron chi connectivity index (χ4n) is 3.15. The van der Waals surface area contributed by atoms with Gasteiger partial charge in [0.1, 0.15) is 5.54 Å². The van der Waals surface area contributed by atoms with Crippen molar-refractivity contribution in [1.82, 2.24) is 9.80 Å². The van der Waals surface area contributed by atoms with Gasteiger partial charge in [0.2, 0.25) is 5.91 Å². The third-order valence-corrected chi connectivity index (χ3v) is 4.92. The zero-order valence-electron chi connectivity index (χ0n) is 12.6. The van der Waals surface area contributed by atoms with E-state index in [1.54, 1.807) is 18.7 Å². The quantitative estimate of drug-likeness (QED) is 0.780. The fourth-order valence-corrected chi connectivity index (χ4v) is 3.15. The number of aliphatic carboxylic acids is 1. The Labute approximate surface area is 124 Å². The molecule has 0 aromatic heterocycles. The van der Waals surface area contributed by atoms with E-state index in [9.17, 15) is 19.5 Å². The van der Waals surface area contributed by atoms with E-state index in [0.29, 0.717) is 25.9 Å². The van der Waals surface area contributed by atoms with Gasteiger partial charge in [0, 0.05) is 19.6 Å². The molecule has 0 aliphatic carbocycles. The summed E-state index contributed by atoms with van der Waals surface area (Å²) in [5.41, 5.74) is 3.51. The lowest BCUT2D eigenvalue weighted by Gasteiger charge is -2.43. The maximum atomic E-state index is 12.7. The summed E-state index contributed by atoms with van der Waals surface area (Å²) in [7, 11) is 0. The third-order valence-electron chi connectivity index (χ3n) is 4.92. The lowest BCUT2D eigenvalue weighted by molar-refractivity contribution is -0.150. The molecule has 0 aromatic carbocycles. The summed E-state index contributed by atoms with van der Waals surface area (Å²) in [6.45, 7) is 4.47. The molecule has 2 saturated heterocycles. The van der Waals surface area contributed by atoms with Crippen LogP contribution in [0.25, 0.3) is 0 Å². The lowest BCUT2D eigenvalue weighted by Crippen LogP contribution is -2.60. The first-order valence-corrected chi connectivity index (χ1v) is 7.30. The molecular weight excluding hydrogens is 274 g/mol. The van der Waals surface area contributed by atoms with Crippen LogP contribution in [0.4, 0.5) is 4.79 Å². The van der Waals surface area contributed by atoms with Crippen LogP contribution in [0.3, 0.4) is 0 Å². The van der Waals surface area contributed by atoms with Gasteiger partial charge >= 0.3 is 12.0 Å². The molecule has 7 heteroatoms. The zero-order chi connectivity index (χ0) is 15.8. The van der Waals surface area contributed by atoms with E-state index >= 15 is 0 Å². The molecule has 118 valence electrons. The van der Waals surface area contributed by atoms with Gasteiger partial charge in [-0.1, -0.05) is 0 Å². The van der Waals surface area contributed by atoms with Gasteiger partial charge in [-0.2, -0.15) is 0 Å². The molecule has 21 heavy (non-hydrogen) atoms. The number of likely N-dealkylation sites (tertiary alicyclic amines) is 2. The van der Waals surface area contributed by atoms with Crippen molar-refractivity contribution in [3.8, 4) is 0 Å². The number of primary amides is 1. The van der Waals surface area contributed by atoms with Crippen molar-refractivity contribution in [3.05, 3.63) is 0 Å². The second-order valence-corrected chi connectivity index (χ2v) is 6.57. The van der Waals surface area contributed by atoms with Crippen LogP contribution in [0.1, 0.15) is 39.5 Å². The van der Waals surface area contributed by atoms with E-state index in [-0.39, 0.29) is 12.6 Å². The normalized spacial score (nSPS) is 33.0. The van der Waals surface area contributed by atoms with Crippen molar-refractivity contribution < 1.29 is 19.5 Å². The summed E-state index contributed by atoms with van der Waals surface area (Å²) in [6.07, 6.45) is 2.57. The molecule has 2 aliphatic rings. The maximum Gasteiger partial charge on any atom is 0.329 e. The van der Waals surface area contributed by atoms with E-state index < -0.39 is 22.8 Å². The number of nitrogens with zero attached hydrogens (tertiary/aromatic N) is 2. The highest BCUT2D eigenvalue weighted by Gasteiger charge is 2.48. The number of piperidine rings is 1. The molecule has 2 atom stereocenters. The molecule has 0 spiro atoms. The summed E-state index contributed by atoms with van der Waals surface area (Å²) < 4.78 is 0. The second kappa shape index (κ2) is 5.20. The number of hydrogen-bond acceptors (Lipinski definition) is 3. The van der Waals surface area contributed by atoms with Crippen LogP contribution in [0, 0.1) is 5.41 Å². The van der Waals surface area contributed by atoms with Crippen LogP contribution in [0.15, 0.2) is 0 Å². The minimum absolute atomic E-state index is 0.257. The maximum absolute atomic E-state index is 12.7. The van der Waals surface area contributed by atoms with Crippen LogP contribution in [0.5, 0.6) is 0 Å². The molecule has 2 unspecified atom stereocenters. The molecule has 7 nitrogen and oxygen atoms in total. The van der Waals surface area contributed by atoms with E-state index in [4.69, 9.17) is 5.73 Å². The molecule has 2 fully saturated rings. The average Bonchev–Trinajstić information content (AvgIpc) is 2.82. The van der Waals surface area contributed by atoms with Crippen LogP contribution in [-0.2, 0) is 9.59 Å². The van der Waals surface area contributed by atoms with E-state index in [1.807, 2.05) is 0 Å². The van der Waals surface area contributed by atoms with Crippen LogP contribution >= 0.6 is 0 Å². The van der Waals surface area contributed by atoms with Crippen LogP contribution in [-0.4, -0.2) is 58.0 Å². The minimum Gasteiger partial charge on any atom is -0.480 e. The summed E-state index contributed by atoms with van der Waals surface area (Å²) in [6, 6.07) is -0.301. The molecule has 3 N–H and O–H groups in total. The number of carboxylic acids is 1. The van der Waals surface area contributed by atoms with Crippen molar-refractivity contribution in [2.24, 2.45) is 11.1 Å². The number of carbonyl (C=O) groups is 3. The van der Waals surface area contributed by atoms with Gasteiger partial charge in [0.15, 0.2) is 0 Å². The molecular formula is C14H23N3O4. The van der Waals surface area contributed by atoms with Crippen LogP contribution < -0.4 is 5.73 Å². The first kappa shape index (κ1) is 15.6. The fraction of sp³-hybridized carbons (Fsp3) is 0.786. The molecule has 2 rings (SSSR count). The van der Waals surface area contributed by atoms with E-state index in [2.05, 4.69) is 0 Å². The molecule has 0 saturated carbocycles. The molecule has 2 aliphatic heterocycles. The standard InChI is InChI=1S/C14H23N3O4/c1-13(10(15)18)6-8-16(9-13)12(21)17-7-4-3-5-14(17,2)11(19)20/h3-9H2,1-2H3,(H2,15,18)(H,19,20). The van der Waals surface area contributed by atoms with Crippen molar-refractivity contribution >= 4 is 17.9 Å². The Balaban J connectivity index is 2.16. The Morgan fingerprint density at radius 3 is 2.29 bits per heavy atom. The predicted octanol–water partition coefficient (Wildman–Crippen LogP) is 0.633. The SMILES string of the molecule is CC1(C(N)=O)CCN(C(=O)N2CCCCC2(C)C(=O)O)C1. The topological polar surface area (TPSA) is 104 Å². The molecule has 0 bridgehead atoms. The Bertz CT molecular complexity index is 481. The number of urea groups is 1. The monoisotopic (exact) mass is 297 g/mol. The van der Waals surface area contributed by atoms with Gasteiger partial charge in [-0.3, -0.25) is 4.79 Å². The number of amides is 3. The Morgan fingerprint density at radius 1 is 1.10 bits per heavy atom. The van der Waals surface area contributed by atoms with Crippen LogP contribution in [0.2, 0.25) is 0 Å². The van der Waals surface area contributed by atoms with E-state index in [1.165, 1.54) is 4.90 Å². The number of carbonyl (C=O) groups excluding carboxylic acids is 2. The summed E-state index contributed by atoms with van der Waals surface area (Å²) in [4.78, 5) is 38.7. The minimum atomic E-state index is -1.17. The van der Waals surface area contributed by atoms with Gasteiger partial charge in [-0.15, -0.1) is 0 Å². The molecule has 0 radical (unpaired) electrons. The van der Waals surface area contributed by atoms with Gasteiger partial charge in [-0.25, -0.2) is 9.59 Å². The van der Waals surface area contributed by atoms with Crippen molar-refractivity contribution in [1.29, 1.82) is 0 Å². The summed E-state index contributed by atoms with van der Waals surface area (Å²) in [5.74, 6) is -1.40. The van der Waals surface area contributed by atoms with Gasteiger partial charge < -0.3 is 20.6 Å². The number of carboxylic acid groups (broad SMARTS) is 1. The third kappa shape index (κ3) is 2.56. The zero-order valence-corrected chi connectivity index (χ0v) is 12.6. The van der Waals surface area contributed by atoms with E-state index in [0.717, 1.165) is 12.8 Å². The highest BCUT2D eigenvalue weighted by Crippen LogP contribution is 2.34. The first-order valence-electron chi connectivity index (χ1n) is 7.30. The summed E-state index contributed by atoms with van der Waals surface area (Å²) >= 11 is 0. The average molecular weight is 297 g/mol. The number of hydrogen-bond donors (Lipinski definition) is 2.